The van der Waals surface area contributed by atoms with E-state index in [-0.39, 0.29) is 12.0 Å². The van der Waals surface area contributed by atoms with Crippen molar-refractivity contribution < 1.29 is 14.3 Å². The van der Waals surface area contributed by atoms with Gasteiger partial charge in [-0.15, -0.1) is 0 Å². The highest BCUT2D eigenvalue weighted by Gasteiger charge is 2.08. The Labute approximate surface area is 191 Å². The fourth-order valence-electron chi connectivity index (χ4n) is 2.96. The van der Waals surface area contributed by atoms with Gasteiger partial charge in [0.05, 0.1) is 12.7 Å². The van der Waals surface area contributed by atoms with Crippen molar-refractivity contribution in [2.45, 2.75) is 65.5 Å². The lowest BCUT2D eigenvalue weighted by molar-refractivity contribution is 0.0976. The van der Waals surface area contributed by atoms with E-state index in [0.29, 0.717) is 23.8 Å². The highest BCUT2D eigenvalue weighted by atomic mass is 32.1. The number of carbonyl (C=O) groups excluding carboxylic acids is 1. The average molecular weight is 443 g/mol. The van der Waals surface area contributed by atoms with E-state index in [4.69, 9.17) is 21.7 Å². The van der Waals surface area contributed by atoms with Crippen LogP contribution in [0.25, 0.3) is 0 Å². The summed E-state index contributed by atoms with van der Waals surface area (Å²) in [6.45, 7) is 7.42. The number of benzene rings is 2. The van der Waals surface area contributed by atoms with Gasteiger partial charge in [0.2, 0.25) is 0 Å². The molecule has 0 aliphatic rings. The largest absolute Gasteiger partial charge is 0.494 e. The van der Waals surface area contributed by atoms with Crippen LogP contribution in [-0.4, -0.2) is 23.7 Å². The highest BCUT2D eigenvalue weighted by molar-refractivity contribution is 7.80. The smallest absolute Gasteiger partial charge is 0.257 e. The second-order valence-electron chi connectivity index (χ2n) is 7.73. The molecule has 2 aromatic rings. The standard InChI is InChI=1S/C25H34N2O3S/c1-4-5-6-7-8-17-29-22-15-11-21(12-16-22)24(28)27-25(31)26-18-20-9-13-23(14-10-20)30-19(2)3/h9-16,19H,4-8,17-18H2,1-3H3,(H2,26,27,28,31). The molecule has 0 aliphatic carbocycles. The van der Waals surface area contributed by atoms with Crippen LogP contribution in [0.2, 0.25) is 0 Å². The Kier molecular flexibility index (Phi) is 10.9. The molecule has 0 aromatic heterocycles. The van der Waals surface area contributed by atoms with Crippen LogP contribution in [0.4, 0.5) is 0 Å². The molecule has 168 valence electrons. The third-order valence-electron chi connectivity index (χ3n) is 4.61. The third-order valence-corrected chi connectivity index (χ3v) is 4.85. The maximum atomic E-state index is 12.4. The predicted molar refractivity (Wildman–Crippen MR) is 130 cm³/mol. The number of nitrogens with one attached hydrogen (secondary N) is 2. The first kappa shape index (κ1) is 24.7. The van der Waals surface area contributed by atoms with Gasteiger partial charge < -0.3 is 14.8 Å². The molecule has 0 heterocycles. The number of amides is 1. The first-order valence-electron chi connectivity index (χ1n) is 11.1. The van der Waals surface area contributed by atoms with Crippen molar-refractivity contribution in [2.24, 2.45) is 0 Å². The molecule has 5 nitrogen and oxygen atoms in total. The van der Waals surface area contributed by atoms with Crippen molar-refractivity contribution in [3.8, 4) is 11.5 Å². The van der Waals surface area contributed by atoms with E-state index in [1.165, 1.54) is 25.7 Å². The van der Waals surface area contributed by atoms with Gasteiger partial charge in [-0.25, -0.2) is 0 Å². The summed E-state index contributed by atoms with van der Waals surface area (Å²) in [4.78, 5) is 12.4. The molecule has 6 heteroatoms. The van der Waals surface area contributed by atoms with Crippen LogP contribution in [0.15, 0.2) is 48.5 Å². The van der Waals surface area contributed by atoms with Gasteiger partial charge in [-0.1, -0.05) is 44.7 Å². The van der Waals surface area contributed by atoms with Gasteiger partial charge in [-0.3, -0.25) is 10.1 Å². The van der Waals surface area contributed by atoms with Gasteiger partial charge >= 0.3 is 0 Å². The normalized spacial score (nSPS) is 10.6. The van der Waals surface area contributed by atoms with Crippen LogP contribution in [0.3, 0.4) is 0 Å². The van der Waals surface area contributed by atoms with Crippen molar-refractivity contribution in [3.63, 3.8) is 0 Å². The Bertz CT molecular complexity index is 805. The van der Waals surface area contributed by atoms with Crippen LogP contribution in [-0.2, 0) is 6.54 Å². The molecule has 0 radical (unpaired) electrons. The van der Waals surface area contributed by atoms with Crippen molar-refractivity contribution in [1.82, 2.24) is 10.6 Å². The van der Waals surface area contributed by atoms with E-state index in [9.17, 15) is 4.79 Å². The molecule has 0 saturated heterocycles. The zero-order valence-corrected chi connectivity index (χ0v) is 19.6. The Morgan fingerprint density at radius 2 is 1.58 bits per heavy atom. The minimum atomic E-state index is -0.246. The summed E-state index contributed by atoms with van der Waals surface area (Å²) in [6.07, 6.45) is 6.15. The SMILES string of the molecule is CCCCCCCOc1ccc(C(=O)NC(=S)NCc2ccc(OC(C)C)cc2)cc1. The molecule has 0 atom stereocenters. The molecule has 2 N–H and O–H groups in total. The molecule has 0 fully saturated rings. The molecule has 2 aromatic carbocycles. The Morgan fingerprint density at radius 3 is 2.23 bits per heavy atom. The lowest BCUT2D eigenvalue weighted by Crippen LogP contribution is -2.38. The zero-order chi connectivity index (χ0) is 22.5. The maximum Gasteiger partial charge on any atom is 0.257 e. The lowest BCUT2D eigenvalue weighted by atomic mass is 10.2. The Hall–Kier alpha value is -2.60. The summed E-state index contributed by atoms with van der Waals surface area (Å²) in [5.74, 6) is 1.36. The number of thiocarbonyl (C=S) groups is 1. The van der Waals surface area contributed by atoms with Crippen LogP contribution in [0.5, 0.6) is 11.5 Å². The van der Waals surface area contributed by atoms with Gasteiger partial charge in [0, 0.05) is 12.1 Å². The van der Waals surface area contributed by atoms with Crippen LogP contribution in [0, 0.1) is 0 Å². The molecular weight excluding hydrogens is 408 g/mol. The van der Waals surface area contributed by atoms with Crippen LogP contribution in [0.1, 0.15) is 68.8 Å². The molecule has 0 bridgehead atoms. The van der Waals surface area contributed by atoms with E-state index in [1.54, 1.807) is 12.1 Å². The molecule has 0 spiro atoms. The molecular formula is C25H34N2O3S. The van der Waals surface area contributed by atoms with E-state index < -0.39 is 0 Å². The first-order chi connectivity index (χ1) is 15.0. The van der Waals surface area contributed by atoms with Crippen LogP contribution >= 0.6 is 12.2 Å². The summed E-state index contributed by atoms with van der Waals surface area (Å²) in [7, 11) is 0. The number of hydrogen-bond acceptors (Lipinski definition) is 4. The summed E-state index contributed by atoms with van der Waals surface area (Å²) >= 11 is 5.25. The van der Waals surface area contributed by atoms with Crippen molar-refractivity contribution in [3.05, 3.63) is 59.7 Å². The fraction of sp³-hybridized carbons (Fsp3) is 0.440. The van der Waals surface area contributed by atoms with E-state index in [0.717, 1.165) is 23.5 Å². The fourth-order valence-corrected chi connectivity index (χ4v) is 3.12. The molecule has 1 amide bonds. The maximum absolute atomic E-state index is 12.4. The van der Waals surface area contributed by atoms with E-state index in [2.05, 4.69) is 17.6 Å². The quantitative estimate of drug-likeness (QED) is 0.330. The highest BCUT2D eigenvalue weighted by Crippen LogP contribution is 2.14. The number of rotatable bonds is 12. The van der Waals surface area contributed by atoms with Crippen molar-refractivity contribution in [2.75, 3.05) is 6.61 Å². The van der Waals surface area contributed by atoms with E-state index in [1.807, 2.05) is 50.2 Å². The molecule has 0 unspecified atom stereocenters. The second kappa shape index (κ2) is 13.7. The average Bonchev–Trinajstić information content (AvgIpc) is 2.75. The van der Waals surface area contributed by atoms with Gasteiger partial charge in [0.15, 0.2) is 5.11 Å². The van der Waals surface area contributed by atoms with E-state index >= 15 is 0 Å². The van der Waals surface area contributed by atoms with Crippen molar-refractivity contribution >= 4 is 23.2 Å². The summed E-state index contributed by atoms with van der Waals surface area (Å²) < 4.78 is 11.4. The lowest BCUT2D eigenvalue weighted by Gasteiger charge is -2.12. The number of carbonyl (C=O) groups is 1. The van der Waals surface area contributed by atoms with Gasteiger partial charge in [-0.2, -0.15) is 0 Å². The van der Waals surface area contributed by atoms with Crippen LogP contribution < -0.4 is 20.1 Å². The first-order valence-corrected chi connectivity index (χ1v) is 11.5. The van der Waals surface area contributed by atoms with Gasteiger partial charge in [-0.05, 0) is 74.4 Å². The monoisotopic (exact) mass is 442 g/mol. The molecule has 2 rings (SSSR count). The minimum Gasteiger partial charge on any atom is -0.494 e. The second-order valence-corrected chi connectivity index (χ2v) is 8.14. The number of ether oxygens (including phenoxy) is 2. The summed E-state index contributed by atoms with van der Waals surface area (Å²) in [6, 6.07) is 14.9. The summed E-state index contributed by atoms with van der Waals surface area (Å²) in [5.41, 5.74) is 1.58. The topological polar surface area (TPSA) is 59.6 Å². The zero-order valence-electron chi connectivity index (χ0n) is 18.8. The third kappa shape index (κ3) is 9.83. The van der Waals surface area contributed by atoms with Gasteiger partial charge in [0.1, 0.15) is 11.5 Å². The Balaban J connectivity index is 1.71. The molecule has 0 saturated carbocycles. The molecule has 31 heavy (non-hydrogen) atoms. The predicted octanol–water partition coefficient (Wildman–Crippen LogP) is 5.63. The van der Waals surface area contributed by atoms with Crippen molar-refractivity contribution in [1.29, 1.82) is 0 Å². The molecule has 0 aliphatic heterocycles. The Morgan fingerprint density at radius 1 is 0.935 bits per heavy atom. The number of unbranched alkanes of at least 4 members (excludes halogenated alkanes) is 4. The van der Waals surface area contributed by atoms with Gasteiger partial charge in [0.25, 0.3) is 5.91 Å². The minimum absolute atomic E-state index is 0.142. The summed E-state index contributed by atoms with van der Waals surface area (Å²) in [5, 5.41) is 6.06. The number of hydrogen-bond donors (Lipinski definition) is 2.